The molecule has 2 heteroatoms. The smallest absolute Gasteiger partial charge is 0.0502 e. The topological polar surface area (TPSA) is 12.5 Å². The van der Waals surface area contributed by atoms with E-state index in [1.165, 1.54) is 19.4 Å². The summed E-state index contributed by atoms with van der Waals surface area (Å²) < 4.78 is 5.28. The van der Waals surface area contributed by atoms with Crippen LogP contribution in [0.2, 0.25) is 0 Å². The lowest BCUT2D eigenvalue weighted by Gasteiger charge is -2.44. The normalized spacial score (nSPS) is 29.0. The average Bonchev–Trinajstić information content (AvgIpc) is 2.17. The summed E-state index contributed by atoms with van der Waals surface area (Å²) in [6, 6.07) is 1.44. The Hall–Kier alpha value is -0.0800. The molecule has 1 saturated heterocycles. The summed E-state index contributed by atoms with van der Waals surface area (Å²) in [6.45, 7) is 11.4. The van der Waals surface area contributed by atoms with E-state index >= 15 is 0 Å². The first-order valence-corrected chi connectivity index (χ1v) is 6.31. The van der Waals surface area contributed by atoms with E-state index in [1.807, 2.05) is 7.11 Å². The summed E-state index contributed by atoms with van der Waals surface area (Å²) in [7, 11) is 1.81. The molecule has 0 aliphatic carbocycles. The van der Waals surface area contributed by atoms with Crippen molar-refractivity contribution in [2.24, 2.45) is 11.8 Å². The van der Waals surface area contributed by atoms with Gasteiger partial charge in [0.15, 0.2) is 0 Å². The maximum atomic E-state index is 5.28. The van der Waals surface area contributed by atoms with Crippen LogP contribution < -0.4 is 0 Å². The van der Waals surface area contributed by atoms with Gasteiger partial charge in [0.05, 0.1) is 6.61 Å². The molecule has 1 aliphatic heterocycles. The Morgan fingerprint density at radius 1 is 1.20 bits per heavy atom. The first kappa shape index (κ1) is 13.0. The highest BCUT2D eigenvalue weighted by Gasteiger charge is 2.31. The van der Waals surface area contributed by atoms with Crippen LogP contribution >= 0.6 is 0 Å². The van der Waals surface area contributed by atoms with Gasteiger partial charge in [0, 0.05) is 25.7 Å². The molecular weight excluding hydrogens is 186 g/mol. The van der Waals surface area contributed by atoms with Gasteiger partial charge in [-0.1, -0.05) is 13.8 Å². The molecule has 2 nitrogen and oxygen atoms in total. The standard InChI is InChI=1S/C13H27NO/c1-10(2)13-7-6-12(9-15-5)8-14(13)11(3)4/h10-13H,6-9H2,1-5H3. The summed E-state index contributed by atoms with van der Waals surface area (Å²) in [5, 5.41) is 0. The maximum Gasteiger partial charge on any atom is 0.0502 e. The first-order chi connectivity index (χ1) is 7.06. The van der Waals surface area contributed by atoms with Crippen molar-refractivity contribution in [3.63, 3.8) is 0 Å². The van der Waals surface area contributed by atoms with Crippen molar-refractivity contribution in [1.29, 1.82) is 0 Å². The van der Waals surface area contributed by atoms with Crippen LogP contribution in [0.1, 0.15) is 40.5 Å². The van der Waals surface area contributed by atoms with Gasteiger partial charge in [-0.15, -0.1) is 0 Å². The summed E-state index contributed by atoms with van der Waals surface area (Å²) in [4.78, 5) is 2.66. The predicted octanol–water partition coefficient (Wildman–Crippen LogP) is 2.78. The van der Waals surface area contributed by atoms with Gasteiger partial charge in [0.1, 0.15) is 0 Å². The van der Waals surface area contributed by atoms with Crippen LogP contribution in [0.15, 0.2) is 0 Å². The van der Waals surface area contributed by atoms with Gasteiger partial charge >= 0.3 is 0 Å². The molecule has 0 aromatic carbocycles. The van der Waals surface area contributed by atoms with E-state index in [2.05, 4.69) is 32.6 Å². The van der Waals surface area contributed by atoms with E-state index in [-0.39, 0.29) is 0 Å². The van der Waals surface area contributed by atoms with Crippen LogP contribution in [0.3, 0.4) is 0 Å². The lowest BCUT2D eigenvalue weighted by Crippen LogP contribution is -2.50. The Balaban J connectivity index is 2.57. The molecular formula is C13H27NO. The molecule has 1 heterocycles. The van der Waals surface area contributed by atoms with Gasteiger partial charge in [0.25, 0.3) is 0 Å². The fraction of sp³-hybridized carbons (Fsp3) is 1.00. The zero-order valence-electron chi connectivity index (χ0n) is 11.0. The van der Waals surface area contributed by atoms with E-state index in [4.69, 9.17) is 4.74 Å². The van der Waals surface area contributed by atoms with E-state index in [0.29, 0.717) is 6.04 Å². The highest BCUT2D eigenvalue weighted by Crippen LogP contribution is 2.28. The first-order valence-electron chi connectivity index (χ1n) is 6.31. The Morgan fingerprint density at radius 3 is 2.33 bits per heavy atom. The second-order valence-electron chi connectivity index (χ2n) is 5.50. The van der Waals surface area contributed by atoms with Crippen LogP contribution in [0, 0.1) is 11.8 Å². The van der Waals surface area contributed by atoms with Crippen molar-refractivity contribution in [2.75, 3.05) is 20.3 Å². The average molecular weight is 213 g/mol. The number of hydrogen-bond donors (Lipinski definition) is 0. The minimum absolute atomic E-state index is 0.664. The SMILES string of the molecule is COCC1CCC(C(C)C)N(C(C)C)C1. The lowest BCUT2D eigenvalue weighted by atomic mass is 9.86. The summed E-state index contributed by atoms with van der Waals surface area (Å²) in [5.74, 6) is 1.52. The Morgan fingerprint density at radius 2 is 1.87 bits per heavy atom. The zero-order valence-corrected chi connectivity index (χ0v) is 11.0. The van der Waals surface area contributed by atoms with Crippen molar-refractivity contribution in [3.8, 4) is 0 Å². The molecule has 0 amide bonds. The number of nitrogens with zero attached hydrogens (tertiary/aromatic N) is 1. The fourth-order valence-corrected chi connectivity index (χ4v) is 2.78. The predicted molar refractivity (Wildman–Crippen MR) is 65.1 cm³/mol. The van der Waals surface area contributed by atoms with E-state index in [0.717, 1.165) is 24.5 Å². The van der Waals surface area contributed by atoms with Crippen LogP contribution in [-0.4, -0.2) is 37.2 Å². The molecule has 1 rings (SSSR count). The highest BCUT2D eigenvalue weighted by molar-refractivity contribution is 4.85. The molecule has 90 valence electrons. The minimum atomic E-state index is 0.664. The van der Waals surface area contributed by atoms with Crippen molar-refractivity contribution in [3.05, 3.63) is 0 Å². The molecule has 1 fully saturated rings. The Bertz CT molecular complexity index is 179. The van der Waals surface area contributed by atoms with Crippen molar-refractivity contribution >= 4 is 0 Å². The third-order valence-electron chi connectivity index (χ3n) is 3.60. The number of ether oxygens (including phenoxy) is 1. The number of piperidine rings is 1. The van der Waals surface area contributed by atoms with E-state index in [9.17, 15) is 0 Å². The van der Waals surface area contributed by atoms with Crippen LogP contribution in [0.25, 0.3) is 0 Å². The molecule has 1 aliphatic rings. The molecule has 0 saturated carbocycles. The second-order valence-corrected chi connectivity index (χ2v) is 5.50. The van der Waals surface area contributed by atoms with Gasteiger partial charge < -0.3 is 4.74 Å². The molecule has 2 atom stereocenters. The van der Waals surface area contributed by atoms with Gasteiger partial charge in [-0.3, -0.25) is 4.90 Å². The molecule has 0 bridgehead atoms. The van der Waals surface area contributed by atoms with Gasteiger partial charge in [-0.05, 0) is 38.5 Å². The molecule has 0 spiro atoms. The lowest BCUT2D eigenvalue weighted by molar-refractivity contribution is 0.0216. The quantitative estimate of drug-likeness (QED) is 0.712. The minimum Gasteiger partial charge on any atom is -0.384 e. The Labute approximate surface area is 95.0 Å². The van der Waals surface area contributed by atoms with Gasteiger partial charge in [0.2, 0.25) is 0 Å². The van der Waals surface area contributed by atoms with Crippen LogP contribution in [-0.2, 0) is 4.74 Å². The monoisotopic (exact) mass is 213 g/mol. The van der Waals surface area contributed by atoms with Crippen molar-refractivity contribution in [1.82, 2.24) is 4.90 Å². The number of hydrogen-bond acceptors (Lipinski definition) is 2. The number of rotatable bonds is 4. The van der Waals surface area contributed by atoms with Crippen molar-refractivity contribution < 1.29 is 4.74 Å². The zero-order chi connectivity index (χ0) is 11.4. The van der Waals surface area contributed by atoms with E-state index < -0.39 is 0 Å². The van der Waals surface area contributed by atoms with Crippen molar-refractivity contribution in [2.45, 2.75) is 52.6 Å². The number of likely N-dealkylation sites (tertiary alicyclic amines) is 1. The third-order valence-corrected chi connectivity index (χ3v) is 3.60. The molecule has 0 aromatic rings. The van der Waals surface area contributed by atoms with Crippen LogP contribution in [0.4, 0.5) is 0 Å². The molecule has 0 N–H and O–H groups in total. The summed E-state index contributed by atoms with van der Waals surface area (Å²) >= 11 is 0. The summed E-state index contributed by atoms with van der Waals surface area (Å²) in [6.07, 6.45) is 2.67. The summed E-state index contributed by atoms with van der Waals surface area (Å²) in [5.41, 5.74) is 0. The van der Waals surface area contributed by atoms with Gasteiger partial charge in [-0.25, -0.2) is 0 Å². The second kappa shape index (κ2) is 5.86. The number of methoxy groups -OCH3 is 1. The fourth-order valence-electron chi connectivity index (χ4n) is 2.78. The van der Waals surface area contributed by atoms with Crippen LogP contribution in [0.5, 0.6) is 0 Å². The van der Waals surface area contributed by atoms with Gasteiger partial charge in [-0.2, -0.15) is 0 Å². The molecule has 0 radical (unpaired) electrons. The largest absolute Gasteiger partial charge is 0.384 e. The maximum absolute atomic E-state index is 5.28. The Kier molecular flexibility index (Phi) is 5.07. The third kappa shape index (κ3) is 3.46. The molecule has 15 heavy (non-hydrogen) atoms. The highest BCUT2D eigenvalue weighted by atomic mass is 16.5. The molecule has 0 aromatic heterocycles. The molecule has 2 unspecified atom stereocenters. The van der Waals surface area contributed by atoms with E-state index in [1.54, 1.807) is 0 Å².